The molecule has 1 fully saturated rings. The van der Waals surface area contributed by atoms with E-state index in [1.807, 2.05) is 18.2 Å². The van der Waals surface area contributed by atoms with Crippen LogP contribution in [0.1, 0.15) is 18.4 Å². The number of rotatable bonds is 4. The maximum atomic E-state index is 6.11. The van der Waals surface area contributed by atoms with Crippen LogP contribution >= 0.6 is 27.5 Å². The molecule has 1 atom stereocenters. The van der Waals surface area contributed by atoms with Gasteiger partial charge in [0.1, 0.15) is 12.4 Å². The van der Waals surface area contributed by atoms with Crippen LogP contribution < -0.4 is 4.74 Å². The number of hydrogen-bond donors (Lipinski definition) is 0. The molecule has 1 saturated heterocycles. The van der Waals surface area contributed by atoms with Crippen LogP contribution in [-0.2, 0) is 10.1 Å². The van der Waals surface area contributed by atoms with E-state index in [9.17, 15) is 0 Å². The Bertz CT molecular complexity index is 351. The summed E-state index contributed by atoms with van der Waals surface area (Å²) in [5.74, 6) is 0.738. The van der Waals surface area contributed by atoms with Gasteiger partial charge in [0.05, 0.1) is 11.1 Å². The van der Waals surface area contributed by atoms with E-state index in [2.05, 4.69) is 15.9 Å². The summed E-state index contributed by atoms with van der Waals surface area (Å²) in [7, 11) is 0. The molecule has 2 rings (SSSR count). The van der Waals surface area contributed by atoms with Crippen LogP contribution in [0.25, 0.3) is 0 Å². The molecule has 1 unspecified atom stereocenters. The fourth-order valence-corrected chi connectivity index (χ4v) is 2.31. The molecule has 0 N–H and O–H groups in total. The molecule has 0 saturated carbocycles. The van der Waals surface area contributed by atoms with Gasteiger partial charge in [-0.2, -0.15) is 0 Å². The van der Waals surface area contributed by atoms with E-state index in [0.29, 0.717) is 11.6 Å². The molecular formula is C12H14BrClO2. The first-order chi connectivity index (χ1) is 7.79. The summed E-state index contributed by atoms with van der Waals surface area (Å²) in [5.41, 5.74) is 1.15. The van der Waals surface area contributed by atoms with Crippen LogP contribution in [0.5, 0.6) is 5.75 Å². The van der Waals surface area contributed by atoms with Gasteiger partial charge in [-0.3, -0.25) is 0 Å². The molecule has 1 aromatic rings. The summed E-state index contributed by atoms with van der Waals surface area (Å²) < 4.78 is 11.1. The Labute approximate surface area is 109 Å². The first-order valence-electron chi connectivity index (χ1n) is 5.38. The third kappa shape index (κ3) is 3.12. The van der Waals surface area contributed by atoms with Gasteiger partial charge < -0.3 is 9.47 Å². The van der Waals surface area contributed by atoms with Crippen LogP contribution in [0.4, 0.5) is 0 Å². The highest BCUT2D eigenvalue weighted by molar-refractivity contribution is 9.08. The molecule has 0 bridgehead atoms. The first-order valence-corrected chi connectivity index (χ1v) is 6.88. The summed E-state index contributed by atoms with van der Waals surface area (Å²) in [6.07, 6.45) is 2.44. The number of ether oxygens (including phenoxy) is 2. The van der Waals surface area contributed by atoms with E-state index in [-0.39, 0.29) is 6.10 Å². The standard InChI is InChI=1S/C12H14BrClO2/c13-7-9-3-4-12(11(14)6-9)16-8-10-2-1-5-15-10/h3-4,6,10H,1-2,5,7-8H2. The van der Waals surface area contributed by atoms with E-state index in [0.717, 1.165) is 36.1 Å². The molecule has 16 heavy (non-hydrogen) atoms. The molecule has 1 aliphatic rings. The Morgan fingerprint density at radius 3 is 3.00 bits per heavy atom. The van der Waals surface area contributed by atoms with Crippen LogP contribution in [0.2, 0.25) is 5.02 Å². The van der Waals surface area contributed by atoms with Crippen molar-refractivity contribution in [3.63, 3.8) is 0 Å². The summed E-state index contributed by atoms with van der Waals surface area (Å²) >= 11 is 9.50. The van der Waals surface area contributed by atoms with Crippen LogP contribution in [0.3, 0.4) is 0 Å². The van der Waals surface area contributed by atoms with Gasteiger partial charge in [0, 0.05) is 11.9 Å². The predicted molar refractivity (Wildman–Crippen MR) is 68.6 cm³/mol. The quantitative estimate of drug-likeness (QED) is 0.788. The van der Waals surface area contributed by atoms with Crippen molar-refractivity contribution in [3.05, 3.63) is 28.8 Å². The average Bonchev–Trinajstić information content (AvgIpc) is 2.80. The van der Waals surface area contributed by atoms with Gasteiger partial charge >= 0.3 is 0 Å². The number of hydrogen-bond acceptors (Lipinski definition) is 2. The minimum atomic E-state index is 0.229. The third-order valence-electron chi connectivity index (χ3n) is 2.60. The molecule has 1 aliphatic heterocycles. The smallest absolute Gasteiger partial charge is 0.138 e. The summed E-state index contributed by atoms with van der Waals surface area (Å²) in [6.45, 7) is 1.44. The average molecular weight is 306 g/mol. The zero-order valence-electron chi connectivity index (χ0n) is 8.92. The summed E-state index contributed by atoms with van der Waals surface area (Å²) in [5, 5.41) is 1.47. The van der Waals surface area contributed by atoms with Crippen LogP contribution in [0, 0.1) is 0 Å². The van der Waals surface area contributed by atoms with E-state index in [1.54, 1.807) is 0 Å². The summed E-state index contributed by atoms with van der Waals surface area (Å²) in [6, 6.07) is 5.83. The van der Waals surface area contributed by atoms with Gasteiger partial charge in [0.15, 0.2) is 0 Å². The molecular weight excluding hydrogens is 291 g/mol. The van der Waals surface area contributed by atoms with Crippen molar-refractivity contribution in [2.75, 3.05) is 13.2 Å². The Morgan fingerprint density at radius 2 is 2.38 bits per heavy atom. The lowest BCUT2D eigenvalue weighted by atomic mass is 10.2. The highest BCUT2D eigenvalue weighted by atomic mass is 79.9. The topological polar surface area (TPSA) is 18.5 Å². The lowest BCUT2D eigenvalue weighted by molar-refractivity contribution is 0.0680. The zero-order valence-corrected chi connectivity index (χ0v) is 11.3. The molecule has 2 nitrogen and oxygen atoms in total. The van der Waals surface area contributed by atoms with Gasteiger partial charge in [0.25, 0.3) is 0 Å². The van der Waals surface area contributed by atoms with E-state index in [1.165, 1.54) is 0 Å². The number of benzene rings is 1. The second kappa shape index (κ2) is 5.89. The minimum absolute atomic E-state index is 0.229. The van der Waals surface area contributed by atoms with Crippen molar-refractivity contribution >= 4 is 27.5 Å². The molecule has 88 valence electrons. The molecule has 0 spiro atoms. The Kier molecular flexibility index (Phi) is 4.50. The first kappa shape index (κ1) is 12.2. The monoisotopic (exact) mass is 304 g/mol. The molecule has 4 heteroatoms. The van der Waals surface area contributed by atoms with Crippen LogP contribution in [-0.4, -0.2) is 19.3 Å². The fraction of sp³-hybridized carbons (Fsp3) is 0.500. The molecule has 1 heterocycles. The van der Waals surface area contributed by atoms with Gasteiger partial charge in [-0.05, 0) is 30.5 Å². The molecule has 0 aromatic heterocycles. The van der Waals surface area contributed by atoms with Crippen molar-refractivity contribution in [2.45, 2.75) is 24.3 Å². The van der Waals surface area contributed by atoms with E-state index in [4.69, 9.17) is 21.1 Å². The molecule has 0 aliphatic carbocycles. The number of alkyl halides is 1. The minimum Gasteiger partial charge on any atom is -0.489 e. The van der Waals surface area contributed by atoms with Gasteiger partial charge in [-0.25, -0.2) is 0 Å². The van der Waals surface area contributed by atoms with Crippen molar-refractivity contribution in [2.24, 2.45) is 0 Å². The zero-order chi connectivity index (χ0) is 11.4. The SMILES string of the molecule is Clc1cc(CBr)ccc1OCC1CCCO1. The van der Waals surface area contributed by atoms with Gasteiger partial charge in [-0.1, -0.05) is 33.6 Å². The maximum absolute atomic E-state index is 6.11. The highest BCUT2D eigenvalue weighted by Crippen LogP contribution is 2.27. The largest absolute Gasteiger partial charge is 0.489 e. The maximum Gasteiger partial charge on any atom is 0.138 e. The summed E-state index contributed by atoms with van der Waals surface area (Å²) in [4.78, 5) is 0. The van der Waals surface area contributed by atoms with E-state index >= 15 is 0 Å². The second-order valence-corrected chi connectivity index (χ2v) is 4.81. The molecule has 1 aromatic carbocycles. The van der Waals surface area contributed by atoms with Crippen molar-refractivity contribution < 1.29 is 9.47 Å². The lowest BCUT2D eigenvalue weighted by Crippen LogP contribution is -2.16. The second-order valence-electron chi connectivity index (χ2n) is 3.84. The normalized spacial score (nSPS) is 20.0. The Hall–Kier alpha value is -0.250. The molecule has 0 amide bonds. The van der Waals surface area contributed by atoms with Crippen LogP contribution in [0.15, 0.2) is 18.2 Å². The predicted octanol–water partition coefficient (Wildman–Crippen LogP) is 3.79. The lowest BCUT2D eigenvalue weighted by Gasteiger charge is -2.12. The van der Waals surface area contributed by atoms with Gasteiger partial charge in [0.2, 0.25) is 0 Å². The van der Waals surface area contributed by atoms with E-state index < -0.39 is 0 Å². The molecule has 0 radical (unpaired) electrons. The van der Waals surface area contributed by atoms with Crippen molar-refractivity contribution in [1.29, 1.82) is 0 Å². The van der Waals surface area contributed by atoms with Crippen molar-refractivity contribution in [1.82, 2.24) is 0 Å². The fourth-order valence-electron chi connectivity index (χ4n) is 1.70. The van der Waals surface area contributed by atoms with Crippen molar-refractivity contribution in [3.8, 4) is 5.75 Å². The number of halogens is 2. The van der Waals surface area contributed by atoms with Gasteiger partial charge in [-0.15, -0.1) is 0 Å². The third-order valence-corrected chi connectivity index (χ3v) is 3.54. The Morgan fingerprint density at radius 1 is 1.50 bits per heavy atom. The highest BCUT2D eigenvalue weighted by Gasteiger charge is 2.16. The Balaban J connectivity index is 1.93.